The molecule has 0 unspecified atom stereocenters. The summed E-state index contributed by atoms with van der Waals surface area (Å²) < 4.78 is 12.9. The first-order valence-corrected chi connectivity index (χ1v) is 8.44. The first-order valence-electron chi connectivity index (χ1n) is 8.44. The third-order valence-corrected chi connectivity index (χ3v) is 4.80. The van der Waals surface area contributed by atoms with Gasteiger partial charge in [0.15, 0.2) is 11.5 Å². The molecule has 0 N–H and O–H groups in total. The summed E-state index contributed by atoms with van der Waals surface area (Å²) >= 11 is 0. The van der Waals surface area contributed by atoms with Crippen LogP contribution in [0.5, 0.6) is 11.5 Å². The molecule has 4 rings (SSSR count). The molecule has 1 amide bonds. The molecule has 7 heteroatoms. The van der Waals surface area contributed by atoms with E-state index in [1.54, 1.807) is 19.0 Å². The van der Waals surface area contributed by atoms with E-state index in [-0.39, 0.29) is 11.9 Å². The molecule has 3 heterocycles. The van der Waals surface area contributed by atoms with E-state index in [0.29, 0.717) is 12.5 Å². The average Bonchev–Trinajstić information content (AvgIpc) is 3.23. The van der Waals surface area contributed by atoms with Gasteiger partial charge in [-0.05, 0) is 24.6 Å². The maximum absolute atomic E-state index is 12.2. The summed E-state index contributed by atoms with van der Waals surface area (Å²) in [5.41, 5.74) is 1.69. The number of benzene rings is 1. The molecule has 0 fully saturated rings. The molecular weight excluding hydrogens is 320 g/mol. The number of amides is 1. The number of carbonyl (C=O) groups excluding carboxylic acids is 1. The Hall–Kier alpha value is -2.54. The second-order valence-corrected chi connectivity index (χ2v) is 6.71. The van der Waals surface area contributed by atoms with E-state index in [4.69, 9.17) is 9.47 Å². The fourth-order valence-electron chi connectivity index (χ4n) is 3.36. The predicted octanol–water partition coefficient (Wildman–Crippen LogP) is 1.89. The van der Waals surface area contributed by atoms with E-state index in [9.17, 15) is 4.79 Å². The van der Waals surface area contributed by atoms with E-state index in [0.717, 1.165) is 37.0 Å². The zero-order valence-electron chi connectivity index (χ0n) is 14.7. The second-order valence-electron chi connectivity index (χ2n) is 6.71. The highest BCUT2D eigenvalue weighted by atomic mass is 16.7. The summed E-state index contributed by atoms with van der Waals surface area (Å²) in [6, 6.07) is 6.21. The molecule has 7 nitrogen and oxygen atoms in total. The van der Waals surface area contributed by atoms with Crippen LogP contribution in [0.3, 0.4) is 0 Å². The molecule has 2 aromatic rings. The second kappa shape index (κ2) is 6.07. The molecule has 0 saturated heterocycles. The molecule has 0 aliphatic carbocycles. The summed E-state index contributed by atoms with van der Waals surface area (Å²) in [7, 11) is 3.49. The molecule has 0 saturated carbocycles. The lowest BCUT2D eigenvalue weighted by Crippen LogP contribution is -2.36. The number of imidazole rings is 1. The van der Waals surface area contributed by atoms with Crippen LogP contribution in [0.1, 0.15) is 34.8 Å². The van der Waals surface area contributed by atoms with Crippen molar-refractivity contribution in [2.75, 3.05) is 27.4 Å². The van der Waals surface area contributed by atoms with Crippen molar-refractivity contribution in [3.05, 3.63) is 41.5 Å². The number of nitrogens with zero attached hydrogens (tertiary/aromatic N) is 4. The summed E-state index contributed by atoms with van der Waals surface area (Å²) in [6.45, 7) is 4.97. The lowest BCUT2D eigenvalue weighted by Gasteiger charge is -2.33. The van der Waals surface area contributed by atoms with Crippen molar-refractivity contribution < 1.29 is 14.3 Å². The Labute approximate surface area is 146 Å². The fourth-order valence-corrected chi connectivity index (χ4v) is 3.36. The number of ether oxygens (including phenoxy) is 2. The summed E-state index contributed by atoms with van der Waals surface area (Å²) in [5.74, 6) is 2.49. The minimum Gasteiger partial charge on any atom is -0.454 e. The summed E-state index contributed by atoms with van der Waals surface area (Å²) in [6.07, 6.45) is 1.87. The Morgan fingerprint density at radius 1 is 1.28 bits per heavy atom. The molecule has 2 aliphatic rings. The third kappa shape index (κ3) is 2.84. The highest BCUT2D eigenvalue weighted by molar-refractivity contribution is 5.91. The van der Waals surface area contributed by atoms with Crippen molar-refractivity contribution in [3.63, 3.8) is 0 Å². The van der Waals surface area contributed by atoms with Gasteiger partial charge in [0.25, 0.3) is 5.91 Å². The van der Waals surface area contributed by atoms with Crippen LogP contribution in [0.25, 0.3) is 0 Å². The van der Waals surface area contributed by atoms with Crippen LogP contribution in [0.15, 0.2) is 24.4 Å². The molecule has 0 bridgehead atoms. The quantitative estimate of drug-likeness (QED) is 0.852. The van der Waals surface area contributed by atoms with Crippen LogP contribution in [0.2, 0.25) is 0 Å². The lowest BCUT2D eigenvalue weighted by molar-refractivity contribution is 0.0822. The molecule has 132 valence electrons. The van der Waals surface area contributed by atoms with Crippen LogP contribution >= 0.6 is 0 Å². The van der Waals surface area contributed by atoms with Gasteiger partial charge in [-0.15, -0.1) is 0 Å². The maximum Gasteiger partial charge on any atom is 0.273 e. The van der Waals surface area contributed by atoms with Gasteiger partial charge in [-0.1, -0.05) is 6.07 Å². The van der Waals surface area contributed by atoms with E-state index < -0.39 is 0 Å². The van der Waals surface area contributed by atoms with Crippen molar-refractivity contribution in [1.82, 2.24) is 19.4 Å². The van der Waals surface area contributed by atoms with Gasteiger partial charge in [0, 0.05) is 39.9 Å². The normalized spacial score (nSPS) is 18.9. The van der Waals surface area contributed by atoms with Crippen LogP contribution in [0.4, 0.5) is 0 Å². The van der Waals surface area contributed by atoms with Gasteiger partial charge in [-0.25, -0.2) is 4.98 Å². The number of fused-ring (bicyclic) bond motifs is 2. The van der Waals surface area contributed by atoms with Gasteiger partial charge < -0.3 is 18.9 Å². The Morgan fingerprint density at radius 3 is 2.88 bits per heavy atom. The molecule has 1 atom stereocenters. The highest BCUT2D eigenvalue weighted by Gasteiger charge is 2.28. The predicted molar refractivity (Wildman–Crippen MR) is 91.6 cm³/mol. The molecule has 0 spiro atoms. The standard InChI is InChI=1S/C18H22N4O3/c1-12-17-19-14(18(23)20(2)3)10-22(17)7-6-21(12)9-13-4-5-15-16(8-13)25-11-24-15/h4-5,8,10,12H,6-7,9,11H2,1-3H3/t12-/m1/s1. The number of rotatable bonds is 3. The Balaban J connectivity index is 1.53. The van der Waals surface area contributed by atoms with Gasteiger partial charge in [0.2, 0.25) is 6.79 Å². The third-order valence-electron chi connectivity index (χ3n) is 4.80. The van der Waals surface area contributed by atoms with Crippen LogP contribution in [0, 0.1) is 0 Å². The van der Waals surface area contributed by atoms with Crippen LogP contribution in [-0.2, 0) is 13.1 Å². The molecular formula is C18H22N4O3. The van der Waals surface area contributed by atoms with Crippen molar-refractivity contribution in [2.45, 2.75) is 26.1 Å². The Morgan fingerprint density at radius 2 is 2.08 bits per heavy atom. The van der Waals surface area contributed by atoms with Crippen LogP contribution < -0.4 is 9.47 Å². The highest BCUT2D eigenvalue weighted by Crippen LogP contribution is 2.34. The first kappa shape index (κ1) is 16.0. The molecule has 2 aliphatic heterocycles. The Kier molecular flexibility index (Phi) is 3.88. The van der Waals surface area contributed by atoms with E-state index in [1.807, 2.05) is 18.3 Å². The van der Waals surface area contributed by atoms with Gasteiger partial charge in [0.1, 0.15) is 11.5 Å². The summed E-state index contributed by atoms with van der Waals surface area (Å²) in [4.78, 5) is 20.7. The van der Waals surface area contributed by atoms with Gasteiger partial charge in [-0.3, -0.25) is 9.69 Å². The minimum atomic E-state index is -0.0589. The van der Waals surface area contributed by atoms with Crippen molar-refractivity contribution in [3.8, 4) is 11.5 Å². The van der Waals surface area contributed by atoms with Crippen LogP contribution in [-0.4, -0.2) is 52.7 Å². The topological polar surface area (TPSA) is 59.8 Å². The van der Waals surface area contributed by atoms with E-state index in [2.05, 4.69) is 27.4 Å². The smallest absolute Gasteiger partial charge is 0.273 e. The SMILES string of the molecule is C[C@@H]1c2nc(C(=O)N(C)C)cn2CCN1Cc1ccc2c(c1)OCO2. The van der Waals surface area contributed by atoms with Crippen molar-refractivity contribution >= 4 is 5.91 Å². The van der Waals surface area contributed by atoms with Crippen molar-refractivity contribution in [2.24, 2.45) is 0 Å². The zero-order valence-corrected chi connectivity index (χ0v) is 14.7. The molecule has 0 radical (unpaired) electrons. The average molecular weight is 342 g/mol. The Bertz CT molecular complexity index is 815. The van der Waals surface area contributed by atoms with Gasteiger partial charge >= 0.3 is 0 Å². The maximum atomic E-state index is 12.2. The lowest BCUT2D eigenvalue weighted by atomic mass is 10.1. The first-order chi connectivity index (χ1) is 12.0. The van der Waals surface area contributed by atoms with Crippen molar-refractivity contribution in [1.29, 1.82) is 0 Å². The van der Waals surface area contributed by atoms with Gasteiger partial charge in [-0.2, -0.15) is 0 Å². The molecule has 1 aromatic carbocycles. The van der Waals surface area contributed by atoms with Gasteiger partial charge in [0.05, 0.1) is 6.04 Å². The van der Waals surface area contributed by atoms with E-state index >= 15 is 0 Å². The van der Waals surface area contributed by atoms with E-state index in [1.165, 1.54) is 5.56 Å². The minimum absolute atomic E-state index is 0.0589. The largest absolute Gasteiger partial charge is 0.454 e. The monoisotopic (exact) mass is 342 g/mol. The molecule has 25 heavy (non-hydrogen) atoms. The number of aromatic nitrogens is 2. The zero-order chi connectivity index (χ0) is 17.6. The summed E-state index contributed by atoms with van der Waals surface area (Å²) in [5, 5.41) is 0. The fraction of sp³-hybridized carbons (Fsp3) is 0.444. The molecule has 1 aromatic heterocycles. The number of hydrogen-bond donors (Lipinski definition) is 0. The number of hydrogen-bond acceptors (Lipinski definition) is 5. The number of carbonyl (C=O) groups is 1.